The van der Waals surface area contributed by atoms with Crippen molar-refractivity contribution in [1.29, 1.82) is 0 Å². The molecule has 0 saturated carbocycles. The summed E-state index contributed by atoms with van der Waals surface area (Å²) in [6.45, 7) is 3.49. The molecule has 0 N–H and O–H groups in total. The fourth-order valence-electron chi connectivity index (χ4n) is 2.67. The third kappa shape index (κ3) is 2.51. The van der Waals surface area contributed by atoms with E-state index >= 15 is 0 Å². The van der Waals surface area contributed by atoms with Crippen LogP contribution in [0.4, 0.5) is 5.69 Å². The summed E-state index contributed by atoms with van der Waals surface area (Å²) >= 11 is 0. The molecule has 5 nitrogen and oxygen atoms in total. The normalized spacial score (nSPS) is 15.2. The van der Waals surface area contributed by atoms with E-state index in [0.717, 1.165) is 48.6 Å². The second-order valence-corrected chi connectivity index (χ2v) is 5.27. The Morgan fingerprint density at radius 1 is 0.909 bits per heavy atom. The van der Waals surface area contributed by atoms with Crippen molar-refractivity contribution in [3.8, 4) is 11.3 Å². The fraction of sp³-hybridized carbons (Fsp3) is 0.235. The number of morpholine rings is 1. The van der Waals surface area contributed by atoms with Crippen molar-refractivity contribution in [2.24, 2.45) is 0 Å². The molecule has 5 heteroatoms. The second-order valence-electron chi connectivity index (χ2n) is 5.27. The van der Waals surface area contributed by atoms with E-state index in [4.69, 9.17) is 4.74 Å². The van der Waals surface area contributed by atoms with Gasteiger partial charge in [0.05, 0.1) is 36.8 Å². The quantitative estimate of drug-likeness (QED) is 0.726. The Morgan fingerprint density at radius 3 is 2.55 bits per heavy atom. The smallest absolute Gasteiger partial charge is 0.107 e. The van der Waals surface area contributed by atoms with Crippen LogP contribution in [0.25, 0.3) is 22.3 Å². The predicted molar refractivity (Wildman–Crippen MR) is 85.8 cm³/mol. The lowest BCUT2D eigenvalue weighted by Crippen LogP contribution is -2.36. The zero-order valence-electron chi connectivity index (χ0n) is 12.1. The molecular formula is C17H16N4O. The van der Waals surface area contributed by atoms with Crippen LogP contribution >= 0.6 is 0 Å². The standard InChI is InChI=1S/C17H16N4O/c1-3-14(21-7-9-22-10-8-21)4-2-13(1)16-12-19-17-11-18-6-5-15(17)20-16/h1-6,11-12H,7-10H2. The molecule has 110 valence electrons. The highest BCUT2D eigenvalue weighted by molar-refractivity contribution is 5.76. The SMILES string of the molecule is c1cc2nc(-c3ccc(N4CCOCC4)cc3)cnc2cn1. The van der Waals surface area contributed by atoms with Crippen LogP contribution in [0.5, 0.6) is 0 Å². The molecule has 1 saturated heterocycles. The highest BCUT2D eigenvalue weighted by Gasteiger charge is 2.11. The van der Waals surface area contributed by atoms with Gasteiger partial charge in [0.15, 0.2) is 0 Å². The fourth-order valence-corrected chi connectivity index (χ4v) is 2.67. The van der Waals surface area contributed by atoms with Gasteiger partial charge in [-0.15, -0.1) is 0 Å². The van der Waals surface area contributed by atoms with Crippen LogP contribution in [0.1, 0.15) is 0 Å². The average Bonchev–Trinajstić information content (AvgIpc) is 2.62. The van der Waals surface area contributed by atoms with Crippen LogP contribution < -0.4 is 4.90 Å². The van der Waals surface area contributed by atoms with Gasteiger partial charge in [0.1, 0.15) is 5.52 Å². The molecule has 22 heavy (non-hydrogen) atoms. The maximum atomic E-state index is 5.39. The summed E-state index contributed by atoms with van der Waals surface area (Å²) in [5.41, 5.74) is 4.86. The van der Waals surface area contributed by atoms with E-state index < -0.39 is 0 Å². The first-order chi connectivity index (χ1) is 10.9. The zero-order valence-corrected chi connectivity index (χ0v) is 12.1. The molecule has 0 radical (unpaired) electrons. The lowest BCUT2D eigenvalue weighted by Gasteiger charge is -2.28. The number of ether oxygens (including phenoxy) is 1. The van der Waals surface area contributed by atoms with Crippen LogP contribution in [-0.4, -0.2) is 41.3 Å². The second kappa shape index (κ2) is 5.69. The summed E-state index contributed by atoms with van der Waals surface area (Å²) in [6.07, 6.45) is 5.27. The lowest BCUT2D eigenvalue weighted by atomic mass is 10.1. The van der Waals surface area contributed by atoms with E-state index in [0.29, 0.717) is 0 Å². The summed E-state index contributed by atoms with van der Waals surface area (Å²) < 4.78 is 5.39. The molecular weight excluding hydrogens is 276 g/mol. The summed E-state index contributed by atoms with van der Waals surface area (Å²) in [5.74, 6) is 0. The lowest BCUT2D eigenvalue weighted by molar-refractivity contribution is 0.122. The van der Waals surface area contributed by atoms with Gasteiger partial charge < -0.3 is 9.64 Å². The van der Waals surface area contributed by atoms with Crippen LogP contribution in [0.15, 0.2) is 48.9 Å². The molecule has 1 aliphatic heterocycles. The topological polar surface area (TPSA) is 51.1 Å². The van der Waals surface area contributed by atoms with Gasteiger partial charge >= 0.3 is 0 Å². The molecule has 1 aromatic carbocycles. The van der Waals surface area contributed by atoms with Crippen LogP contribution in [-0.2, 0) is 4.74 Å². The molecule has 3 heterocycles. The molecule has 0 aliphatic carbocycles. The summed E-state index contributed by atoms with van der Waals surface area (Å²) in [4.78, 5) is 15.5. The Hall–Kier alpha value is -2.53. The Kier molecular flexibility index (Phi) is 3.40. The van der Waals surface area contributed by atoms with E-state index in [1.807, 2.05) is 6.07 Å². The molecule has 2 aromatic heterocycles. The number of hydrogen-bond acceptors (Lipinski definition) is 5. The first kappa shape index (κ1) is 13.2. The number of pyridine rings is 1. The average molecular weight is 292 g/mol. The van der Waals surface area contributed by atoms with Crippen molar-refractivity contribution >= 4 is 16.7 Å². The largest absolute Gasteiger partial charge is 0.378 e. The molecule has 0 spiro atoms. The summed E-state index contributed by atoms with van der Waals surface area (Å²) in [7, 11) is 0. The minimum Gasteiger partial charge on any atom is -0.378 e. The highest BCUT2D eigenvalue weighted by Crippen LogP contribution is 2.23. The number of benzene rings is 1. The van der Waals surface area contributed by atoms with Crippen LogP contribution in [0.2, 0.25) is 0 Å². The van der Waals surface area contributed by atoms with Gasteiger partial charge in [-0.2, -0.15) is 0 Å². The van der Waals surface area contributed by atoms with E-state index in [1.54, 1.807) is 18.6 Å². The summed E-state index contributed by atoms with van der Waals surface area (Å²) in [6, 6.07) is 10.4. The molecule has 1 fully saturated rings. The first-order valence-corrected chi connectivity index (χ1v) is 7.40. The number of nitrogens with zero attached hydrogens (tertiary/aromatic N) is 4. The van der Waals surface area contributed by atoms with Crippen LogP contribution in [0, 0.1) is 0 Å². The molecule has 3 aromatic rings. The molecule has 0 amide bonds. The predicted octanol–water partition coefficient (Wildman–Crippen LogP) is 2.53. The van der Waals surface area contributed by atoms with Crippen molar-refractivity contribution in [2.45, 2.75) is 0 Å². The van der Waals surface area contributed by atoms with Crippen molar-refractivity contribution in [3.05, 3.63) is 48.9 Å². The Balaban J connectivity index is 1.63. The monoisotopic (exact) mass is 292 g/mol. The number of rotatable bonds is 2. The van der Waals surface area contributed by atoms with Crippen molar-refractivity contribution in [2.75, 3.05) is 31.2 Å². The third-order valence-electron chi connectivity index (χ3n) is 3.88. The highest BCUT2D eigenvalue weighted by atomic mass is 16.5. The Morgan fingerprint density at radius 2 is 1.73 bits per heavy atom. The van der Waals surface area contributed by atoms with E-state index in [-0.39, 0.29) is 0 Å². The Bertz CT molecular complexity index is 782. The van der Waals surface area contributed by atoms with Gasteiger partial charge in [0.25, 0.3) is 0 Å². The maximum Gasteiger partial charge on any atom is 0.107 e. The minimum absolute atomic E-state index is 0.798. The first-order valence-electron chi connectivity index (χ1n) is 7.40. The van der Waals surface area contributed by atoms with Crippen molar-refractivity contribution in [1.82, 2.24) is 15.0 Å². The van der Waals surface area contributed by atoms with E-state index in [1.165, 1.54) is 5.69 Å². The number of anilines is 1. The van der Waals surface area contributed by atoms with Gasteiger partial charge in [-0.3, -0.25) is 9.97 Å². The summed E-state index contributed by atoms with van der Waals surface area (Å²) in [5, 5.41) is 0. The van der Waals surface area contributed by atoms with Gasteiger partial charge in [-0.05, 0) is 18.2 Å². The van der Waals surface area contributed by atoms with Gasteiger partial charge in [0, 0.05) is 30.5 Å². The molecule has 0 bridgehead atoms. The minimum atomic E-state index is 0.798. The van der Waals surface area contributed by atoms with E-state index in [2.05, 4.69) is 44.1 Å². The van der Waals surface area contributed by atoms with Gasteiger partial charge in [0.2, 0.25) is 0 Å². The molecule has 1 aliphatic rings. The Labute approximate surface area is 128 Å². The van der Waals surface area contributed by atoms with Crippen molar-refractivity contribution < 1.29 is 4.74 Å². The maximum absolute atomic E-state index is 5.39. The molecule has 0 unspecified atom stereocenters. The number of fused-ring (bicyclic) bond motifs is 1. The number of aromatic nitrogens is 3. The van der Waals surface area contributed by atoms with E-state index in [9.17, 15) is 0 Å². The number of hydrogen-bond donors (Lipinski definition) is 0. The van der Waals surface area contributed by atoms with Crippen molar-refractivity contribution in [3.63, 3.8) is 0 Å². The molecule has 0 atom stereocenters. The van der Waals surface area contributed by atoms with Gasteiger partial charge in [-0.1, -0.05) is 12.1 Å². The van der Waals surface area contributed by atoms with Crippen LogP contribution in [0.3, 0.4) is 0 Å². The van der Waals surface area contributed by atoms with Gasteiger partial charge in [-0.25, -0.2) is 4.98 Å². The zero-order chi connectivity index (χ0) is 14.8. The third-order valence-corrected chi connectivity index (χ3v) is 3.88. The molecule has 4 rings (SSSR count).